The molecule has 2 atom stereocenters. The van der Waals surface area contributed by atoms with Gasteiger partial charge in [0.1, 0.15) is 12.1 Å². The summed E-state index contributed by atoms with van der Waals surface area (Å²) in [6.45, 7) is 2.35. The highest BCUT2D eigenvalue weighted by atomic mass is 16.5. The van der Waals surface area contributed by atoms with Gasteiger partial charge in [0, 0.05) is 19.1 Å². The number of amides is 3. The van der Waals surface area contributed by atoms with Gasteiger partial charge in [-0.2, -0.15) is 0 Å². The van der Waals surface area contributed by atoms with Gasteiger partial charge in [-0.1, -0.05) is 49.6 Å². The molecule has 0 spiro atoms. The zero-order valence-electron chi connectivity index (χ0n) is 16.5. The summed E-state index contributed by atoms with van der Waals surface area (Å²) in [7, 11) is 0. The van der Waals surface area contributed by atoms with E-state index < -0.39 is 0 Å². The molecule has 0 aromatic heterocycles. The molecule has 0 unspecified atom stereocenters. The van der Waals surface area contributed by atoms with Gasteiger partial charge in [-0.3, -0.25) is 4.79 Å². The molecule has 4 rings (SSSR count). The van der Waals surface area contributed by atoms with Crippen LogP contribution in [0.4, 0.5) is 4.79 Å². The van der Waals surface area contributed by atoms with E-state index >= 15 is 0 Å². The van der Waals surface area contributed by atoms with Gasteiger partial charge in [0.25, 0.3) is 0 Å². The second kappa shape index (κ2) is 8.95. The lowest BCUT2D eigenvalue weighted by Crippen LogP contribution is -2.54. The minimum Gasteiger partial charge on any atom is -0.370 e. The first-order valence-corrected chi connectivity index (χ1v) is 10.7. The van der Waals surface area contributed by atoms with Gasteiger partial charge in [-0.15, -0.1) is 0 Å². The Bertz CT molecular complexity index is 675. The lowest BCUT2D eigenvalue weighted by molar-refractivity contribution is -0.143. The SMILES string of the molecule is O=C([C@H]1CCCN1C(=O)NC1CCCCC1)N1CCO[C@H](c2ccccc2)C1. The molecule has 6 heteroatoms. The Kier molecular flexibility index (Phi) is 6.15. The van der Waals surface area contributed by atoms with Gasteiger partial charge in [0.15, 0.2) is 0 Å². The molecule has 1 aromatic carbocycles. The summed E-state index contributed by atoms with van der Waals surface area (Å²) in [6.07, 6.45) is 7.29. The molecule has 0 bridgehead atoms. The molecule has 152 valence electrons. The van der Waals surface area contributed by atoms with Crippen molar-refractivity contribution < 1.29 is 14.3 Å². The maximum atomic E-state index is 13.2. The zero-order valence-corrected chi connectivity index (χ0v) is 16.5. The molecular formula is C22H31N3O3. The summed E-state index contributed by atoms with van der Waals surface area (Å²) in [6, 6.07) is 9.92. The van der Waals surface area contributed by atoms with E-state index in [-0.39, 0.29) is 30.1 Å². The van der Waals surface area contributed by atoms with Crippen molar-refractivity contribution in [2.24, 2.45) is 0 Å². The second-order valence-corrected chi connectivity index (χ2v) is 8.19. The molecule has 3 aliphatic rings. The van der Waals surface area contributed by atoms with Crippen molar-refractivity contribution in [1.82, 2.24) is 15.1 Å². The number of nitrogens with one attached hydrogen (secondary N) is 1. The van der Waals surface area contributed by atoms with Crippen LogP contribution in [0.15, 0.2) is 30.3 Å². The molecule has 1 aromatic rings. The van der Waals surface area contributed by atoms with Crippen LogP contribution >= 0.6 is 0 Å². The Morgan fingerprint density at radius 3 is 2.54 bits per heavy atom. The quantitative estimate of drug-likeness (QED) is 0.870. The van der Waals surface area contributed by atoms with Crippen LogP contribution < -0.4 is 5.32 Å². The molecule has 2 saturated heterocycles. The largest absolute Gasteiger partial charge is 0.370 e. The highest BCUT2D eigenvalue weighted by Gasteiger charge is 2.38. The number of likely N-dealkylation sites (tertiary alicyclic amines) is 1. The topological polar surface area (TPSA) is 61.9 Å². The van der Waals surface area contributed by atoms with E-state index in [0.717, 1.165) is 31.2 Å². The van der Waals surface area contributed by atoms with Gasteiger partial charge >= 0.3 is 6.03 Å². The zero-order chi connectivity index (χ0) is 19.3. The first-order valence-electron chi connectivity index (χ1n) is 10.7. The molecule has 2 aliphatic heterocycles. The molecule has 1 saturated carbocycles. The van der Waals surface area contributed by atoms with Gasteiger partial charge < -0.3 is 19.9 Å². The third-order valence-electron chi connectivity index (χ3n) is 6.28. The van der Waals surface area contributed by atoms with Crippen LogP contribution in [0, 0.1) is 0 Å². The van der Waals surface area contributed by atoms with Crippen LogP contribution in [-0.2, 0) is 9.53 Å². The van der Waals surface area contributed by atoms with E-state index in [0.29, 0.717) is 26.2 Å². The summed E-state index contributed by atoms with van der Waals surface area (Å²) >= 11 is 0. The van der Waals surface area contributed by atoms with Crippen LogP contribution in [0.5, 0.6) is 0 Å². The maximum absolute atomic E-state index is 13.2. The van der Waals surface area contributed by atoms with Gasteiger partial charge in [-0.05, 0) is 31.2 Å². The second-order valence-electron chi connectivity index (χ2n) is 8.19. The van der Waals surface area contributed by atoms with E-state index in [1.54, 1.807) is 4.90 Å². The standard InChI is InChI=1S/C22H31N3O3/c26-21(24-14-15-28-20(16-24)17-8-3-1-4-9-17)19-12-7-13-25(19)22(27)23-18-10-5-2-6-11-18/h1,3-4,8-9,18-20H,2,5-7,10-16H2,(H,23,27)/t19-,20+/m1/s1. The number of hydrogen-bond acceptors (Lipinski definition) is 3. The van der Waals surface area contributed by atoms with Crippen LogP contribution in [0.2, 0.25) is 0 Å². The number of nitrogens with zero attached hydrogens (tertiary/aromatic N) is 2. The van der Waals surface area contributed by atoms with Gasteiger partial charge in [0.2, 0.25) is 5.91 Å². The van der Waals surface area contributed by atoms with E-state index in [1.807, 2.05) is 35.2 Å². The monoisotopic (exact) mass is 385 g/mol. The van der Waals surface area contributed by atoms with E-state index in [2.05, 4.69) is 5.32 Å². The van der Waals surface area contributed by atoms with Gasteiger partial charge in [-0.25, -0.2) is 4.79 Å². The third kappa shape index (κ3) is 4.32. The Morgan fingerprint density at radius 2 is 1.75 bits per heavy atom. The number of ether oxygens (including phenoxy) is 1. The Morgan fingerprint density at radius 1 is 0.964 bits per heavy atom. The lowest BCUT2D eigenvalue weighted by Gasteiger charge is -2.36. The molecule has 0 radical (unpaired) electrons. The molecule has 6 nitrogen and oxygen atoms in total. The first-order chi connectivity index (χ1) is 13.7. The lowest BCUT2D eigenvalue weighted by atomic mass is 9.96. The maximum Gasteiger partial charge on any atom is 0.318 e. The number of carbonyl (C=O) groups excluding carboxylic acids is 2. The van der Waals surface area contributed by atoms with Crippen molar-refractivity contribution in [3.8, 4) is 0 Å². The fourth-order valence-corrected chi connectivity index (χ4v) is 4.70. The van der Waals surface area contributed by atoms with Crippen molar-refractivity contribution >= 4 is 11.9 Å². The Hall–Kier alpha value is -2.08. The predicted octanol–water partition coefficient (Wildman–Crippen LogP) is 3.09. The number of benzene rings is 1. The molecule has 3 amide bonds. The normalized spacial score (nSPS) is 26.3. The molecule has 28 heavy (non-hydrogen) atoms. The average Bonchev–Trinajstić information content (AvgIpc) is 3.25. The fourth-order valence-electron chi connectivity index (χ4n) is 4.70. The highest BCUT2D eigenvalue weighted by molar-refractivity contribution is 5.88. The highest BCUT2D eigenvalue weighted by Crippen LogP contribution is 2.26. The first kappa shape index (κ1) is 19.2. The van der Waals surface area contributed by atoms with Crippen LogP contribution in [-0.4, -0.2) is 60.1 Å². The van der Waals surface area contributed by atoms with Crippen molar-refractivity contribution in [1.29, 1.82) is 0 Å². The molecule has 1 N–H and O–H groups in total. The summed E-state index contributed by atoms with van der Waals surface area (Å²) in [5.41, 5.74) is 1.10. The molecule has 1 aliphatic carbocycles. The minimum absolute atomic E-state index is 0.0596. The van der Waals surface area contributed by atoms with Gasteiger partial charge in [0.05, 0.1) is 13.2 Å². The van der Waals surface area contributed by atoms with Crippen molar-refractivity contribution in [2.45, 2.75) is 63.1 Å². The predicted molar refractivity (Wildman–Crippen MR) is 107 cm³/mol. The van der Waals surface area contributed by atoms with E-state index in [4.69, 9.17) is 4.74 Å². The van der Waals surface area contributed by atoms with E-state index in [1.165, 1.54) is 19.3 Å². The van der Waals surface area contributed by atoms with Crippen LogP contribution in [0.3, 0.4) is 0 Å². The Balaban J connectivity index is 1.38. The number of urea groups is 1. The molecule has 2 heterocycles. The smallest absolute Gasteiger partial charge is 0.318 e. The summed E-state index contributed by atoms with van der Waals surface area (Å²) < 4.78 is 5.90. The van der Waals surface area contributed by atoms with Crippen molar-refractivity contribution in [3.05, 3.63) is 35.9 Å². The Labute approximate surface area is 167 Å². The van der Waals surface area contributed by atoms with E-state index in [9.17, 15) is 9.59 Å². The number of morpholine rings is 1. The average molecular weight is 386 g/mol. The summed E-state index contributed by atoms with van der Waals surface area (Å²) in [5, 5.41) is 3.17. The number of rotatable bonds is 3. The van der Waals surface area contributed by atoms with Crippen molar-refractivity contribution in [3.63, 3.8) is 0 Å². The summed E-state index contributed by atoms with van der Waals surface area (Å²) in [5.74, 6) is 0.0699. The summed E-state index contributed by atoms with van der Waals surface area (Å²) in [4.78, 5) is 29.7. The minimum atomic E-state index is -0.335. The van der Waals surface area contributed by atoms with Crippen LogP contribution in [0.1, 0.15) is 56.6 Å². The molecular weight excluding hydrogens is 354 g/mol. The van der Waals surface area contributed by atoms with Crippen LogP contribution in [0.25, 0.3) is 0 Å². The van der Waals surface area contributed by atoms with Crippen molar-refractivity contribution in [2.75, 3.05) is 26.2 Å². The number of hydrogen-bond donors (Lipinski definition) is 1. The fraction of sp³-hybridized carbons (Fsp3) is 0.636. The third-order valence-corrected chi connectivity index (χ3v) is 6.28. The number of carbonyl (C=O) groups is 2. The molecule has 3 fully saturated rings.